The van der Waals surface area contributed by atoms with Crippen LogP contribution in [0.4, 0.5) is 0 Å². The van der Waals surface area contributed by atoms with Crippen LogP contribution in [0.1, 0.15) is 64.7 Å². The Balaban J connectivity index is 1.73. The first kappa shape index (κ1) is 23.0. The number of carbonyl (C=O) groups is 2. The fourth-order valence-electron chi connectivity index (χ4n) is 4.99. The molecule has 2 atom stereocenters. The third kappa shape index (κ3) is 4.37. The summed E-state index contributed by atoms with van der Waals surface area (Å²) in [5.41, 5.74) is 2.79. The van der Waals surface area contributed by atoms with Crippen molar-refractivity contribution in [2.45, 2.75) is 64.6 Å². The Kier molecular flexibility index (Phi) is 6.51. The first-order valence-electron chi connectivity index (χ1n) is 11.6. The van der Waals surface area contributed by atoms with Gasteiger partial charge in [0.25, 0.3) is 11.5 Å². The van der Waals surface area contributed by atoms with E-state index in [1.165, 1.54) is 4.57 Å². The van der Waals surface area contributed by atoms with Crippen LogP contribution in [-0.4, -0.2) is 38.1 Å². The summed E-state index contributed by atoms with van der Waals surface area (Å²) in [6.45, 7) is 3.68. The van der Waals surface area contributed by atoms with Crippen molar-refractivity contribution in [1.82, 2.24) is 14.5 Å². The predicted molar refractivity (Wildman–Crippen MR) is 128 cm³/mol. The second-order valence-electron chi connectivity index (χ2n) is 8.95. The zero-order chi connectivity index (χ0) is 23.7. The summed E-state index contributed by atoms with van der Waals surface area (Å²) in [5, 5.41) is 13.4. The Bertz CT molecular complexity index is 1260. The summed E-state index contributed by atoms with van der Waals surface area (Å²) in [6.07, 6.45) is 3.21. The fourth-order valence-corrected chi connectivity index (χ4v) is 4.99. The molecule has 0 radical (unpaired) electrons. The third-order valence-corrected chi connectivity index (χ3v) is 6.75. The first-order valence-corrected chi connectivity index (χ1v) is 11.6. The van der Waals surface area contributed by atoms with Gasteiger partial charge in [0.05, 0.1) is 23.6 Å². The maximum Gasteiger partial charge on any atom is 0.268 e. The molecule has 0 spiro atoms. The number of carbonyl (C=O) groups excluding carboxylic acids is 2. The van der Waals surface area contributed by atoms with E-state index in [2.05, 4.69) is 5.32 Å². The van der Waals surface area contributed by atoms with Crippen molar-refractivity contribution in [3.8, 4) is 0 Å². The number of pyridine rings is 1. The lowest BCUT2D eigenvalue weighted by molar-refractivity contribution is 0.0842. The number of aryl methyl sites for hydroxylation is 3. The molecule has 4 rings (SSSR count). The van der Waals surface area contributed by atoms with Gasteiger partial charge in [0, 0.05) is 24.3 Å². The van der Waals surface area contributed by atoms with Crippen LogP contribution < -0.4 is 10.9 Å². The molecule has 0 aliphatic heterocycles. The van der Waals surface area contributed by atoms with Gasteiger partial charge >= 0.3 is 0 Å². The summed E-state index contributed by atoms with van der Waals surface area (Å²) in [5.74, 6) is -0.371. The molecule has 174 valence electrons. The summed E-state index contributed by atoms with van der Waals surface area (Å²) in [6, 6.07) is 10.8. The van der Waals surface area contributed by atoms with Crippen molar-refractivity contribution in [2.75, 3.05) is 0 Å². The van der Waals surface area contributed by atoms with Crippen LogP contribution in [0.2, 0.25) is 0 Å². The van der Waals surface area contributed by atoms with E-state index in [-0.39, 0.29) is 35.9 Å². The molecule has 2 aromatic heterocycles. The first-order chi connectivity index (χ1) is 15.8. The van der Waals surface area contributed by atoms with Gasteiger partial charge < -0.3 is 19.6 Å². The van der Waals surface area contributed by atoms with Gasteiger partial charge in [0.15, 0.2) is 5.78 Å². The summed E-state index contributed by atoms with van der Waals surface area (Å²) >= 11 is 0. The number of nitrogens with zero attached hydrogens (tertiary/aromatic N) is 2. The lowest BCUT2D eigenvalue weighted by atomic mass is 9.93. The zero-order valence-electron chi connectivity index (χ0n) is 19.4. The van der Waals surface area contributed by atoms with Gasteiger partial charge in [-0.3, -0.25) is 14.4 Å². The Labute approximate surface area is 193 Å². The van der Waals surface area contributed by atoms with Crippen molar-refractivity contribution < 1.29 is 14.7 Å². The number of hydrogen-bond donors (Lipinski definition) is 2. The number of rotatable bonds is 6. The van der Waals surface area contributed by atoms with Gasteiger partial charge in [0.2, 0.25) is 0 Å². The fraction of sp³-hybridized carbons (Fsp3) is 0.423. The number of nitrogens with one attached hydrogen (secondary N) is 1. The summed E-state index contributed by atoms with van der Waals surface area (Å²) < 4.78 is 3.30. The molecule has 7 nitrogen and oxygen atoms in total. The van der Waals surface area contributed by atoms with Crippen LogP contribution in [0.15, 0.2) is 41.2 Å². The molecule has 33 heavy (non-hydrogen) atoms. The minimum Gasteiger partial charge on any atom is -0.393 e. The minimum absolute atomic E-state index is 0.0439. The molecular weight excluding hydrogens is 418 g/mol. The largest absolute Gasteiger partial charge is 0.393 e. The molecule has 1 aliphatic carbocycles. The van der Waals surface area contributed by atoms with Crippen molar-refractivity contribution in [1.29, 1.82) is 0 Å². The van der Waals surface area contributed by atoms with E-state index < -0.39 is 0 Å². The van der Waals surface area contributed by atoms with Crippen molar-refractivity contribution in [3.05, 3.63) is 69.3 Å². The number of aliphatic hydroxyl groups excluding tert-OH is 1. The van der Waals surface area contributed by atoms with Crippen molar-refractivity contribution in [3.63, 3.8) is 0 Å². The highest BCUT2D eigenvalue weighted by molar-refractivity contribution is 6.02. The molecule has 2 N–H and O–H groups in total. The maximum absolute atomic E-state index is 13.5. The van der Waals surface area contributed by atoms with Gasteiger partial charge in [-0.2, -0.15) is 0 Å². The number of aliphatic hydroxyl groups is 1. The lowest BCUT2D eigenvalue weighted by Gasteiger charge is -2.26. The van der Waals surface area contributed by atoms with E-state index in [1.807, 2.05) is 19.1 Å². The quantitative estimate of drug-likeness (QED) is 0.566. The average molecular weight is 450 g/mol. The highest BCUT2D eigenvalue weighted by atomic mass is 16.3. The van der Waals surface area contributed by atoms with Gasteiger partial charge in [-0.25, -0.2) is 0 Å². The molecule has 1 amide bonds. The molecule has 2 unspecified atom stereocenters. The zero-order valence-corrected chi connectivity index (χ0v) is 19.4. The van der Waals surface area contributed by atoms with Crippen LogP contribution in [0, 0.1) is 6.92 Å². The number of fused-ring (bicyclic) bond motifs is 1. The molecule has 0 bridgehead atoms. The molecule has 1 aliphatic rings. The second-order valence-corrected chi connectivity index (χ2v) is 8.95. The van der Waals surface area contributed by atoms with E-state index in [9.17, 15) is 19.5 Å². The van der Waals surface area contributed by atoms with Crippen molar-refractivity contribution in [2.24, 2.45) is 7.05 Å². The smallest absolute Gasteiger partial charge is 0.268 e. The highest BCUT2D eigenvalue weighted by Gasteiger charge is 2.27. The Morgan fingerprint density at radius 3 is 2.58 bits per heavy atom. The minimum atomic E-state index is -0.390. The van der Waals surface area contributed by atoms with Gasteiger partial charge in [0.1, 0.15) is 5.69 Å². The number of aromatic nitrogens is 2. The predicted octanol–water partition coefficient (Wildman–Crippen LogP) is 3.13. The Morgan fingerprint density at radius 1 is 1.18 bits per heavy atom. The maximum atomic E-state index is 13.5. The second kappa shape index (κ2) is 9.35. The van der Waals surface area contributed by atoms with Crippen molar-refractivity contribution >= 4 is 22.6 Å². The molecule has 3 aromatic rings. The van der Waals surface area contributed by atoms with E-state index in [0.29, 0.717) is 40.6 Å². The standard InChI is InChI=1S/C26H31N3O4/c1-4-19-14-21-23(26(33)29(19)15-22(31)17-9-6-5-7-10-17)16(2)24(28(21)3)25(32)27-18-11-8-12-20(30)13-18/h5-7,9-10,14,18,20,30H,4,8,11-13,15H2,1-3H3,(H,27,32). The molecule has 1 saturated carbocycles. The Morgan fingerprint density at radius 2 is 1.91 bits per heavy atom. The van der Waals surface area contributed by atoms with E-state index in [0.717, 1.165) is 25.0 Å². The van der Waals surface area contributed by atoms with Crippen LogP contribution in [-0.2, 0) is 20.0 Å². The molecular formula is C26H31N3O4. The lowest BCUT2D eigenvalue weighted by Crippen LogP contribution is -2.40. The third-order valence-electron chi connectivity index (χ3n) is 6.75. The molecule has 1 aromatic carbocycles. The van der Waals surface area contributed by atoms with E-state index >= 15 is 0 Å². The monoisotopic (exact) mass is 449 g/mol. The normalized spacial score (nSPS) is 18.4. The molecule has 0 saturated heterocycles. The summed E-state index contributed by atoms with van der Waals surface area (Å²) in [7, 11) is 1.79. The van der Waals surface area contributed by atoms with Gasteiger partial charge in [-0.15, -0.1) is 0 Å². The van der Waals surface area contributed by atoms with E-state index in [4.69, 9.17) is 0 Å². The Hall–Kier alpha value is -3.19. The topological polar surface area (TPSA) is 93.3 Å². The van der Waals surface area contributed by atoms with Crippen LogP contribution in [0.25, 0.3) is 10.9 Å². The van der Waals surface area contributed by atoms with Gasteiger partial charge in [-0.1, -0.05) is 37.3 Å². The molecule has 7 heteroatoms. The average Bonchev–Trinajstić information content (AvgIpc) is 3.05. The number of benzene rings is 1. The van der Waals surface area contributed by atoms with Crippen LogP contribution in [0.3, 0.4) is 0 Å². The number of Topliss-reactive ketones (excluding diaryl/α,β-unsaturated/α-hetero) is 1. The van der Waals surface area contributed by atoms with Gasteiger partial charge in [-0.05, 0) is 50.7 Å². The number of hydrogen-bond acceptors (Lipinski definition) is 4. The van der Waals surface area contributed by atoms with E-state index in [1.54, 1.807) is 42.8 Å². The van der Waals surface area contributed by atoms with Crippen LogP contribution in [0.5, 0.6) is 0 Å². The van der Waals surface area contributed by atoms with Crippen LogP contribution >= 0.6 is 0 Å². The SMILES string of the molecule is CCc1cc2c(c(C)c(C(=O)NC3CCCC(O)C3)n2C)c(=O)n1CC(=O)c1ccccc1. The number of ketones is 1. The number of amides is 1. The highest BCUT2D eigenvalue weighted by Crippen LogP contribution is 2.25. The summed E-state index contributed by atoms with van der Waals surface area (Å²) in [4.78, 5) is 39.6. The molecule has 2 heterocycles. The molecule has 1 fully saturated rings.